The topological polar surface area (TPSA) is 67.6 Å². The highest BCUT2D eigenvalue weighted by Crippen LogP contribution is 2.28. The number of likely N-dealkylation sites (tertiary alicyclic amines) is 1. The second kappa shape index (κ2) is 9.41. The summed E-state index contributed by atoms with van der Waals surface area (Å²) in [6.07, 6.45) is 1.06. The van der Waals surface area contributed by atoms with E-state index < -0.39 is 0 Å². The van der Waals surface area contributed by atoms with E-state index in [0.717, 1.165) is 30.8 Å². The lowest BCUT2D eigenvalue weighted by Crippen LogP contribution is -2.40. The Bertz CT molecular complexity index is 550. The van der Waals surface area contributed by atoms with Crippen LogP contribution in [0.5, 0.6) is 5.75 Å². The standard InChI is InChI=1S/C19H31N3O2.ClH/c1-14(2)18(15-5-7-16(24-4)8-6-15)21-17(23)11-22-10-9-19(3,12-20)13-22;/h5-8,14,18H,9-13,20H2,1-4H3,(H,21,23);1H. The molecule has 25 heavy (non-hydrogen) atoms. The SMILES string of the molecule is COc1ccc(C(NC(=O)CN2CCC(C)(CN)C2)C(C)C)cc1.Cl. The summed E-state index contributed by atoms with van der Waals surface area (Å²) in [6.45, 7) is 9.38. The van der Waals surface area contributed by atoms with Gasteiger partial charge < -0.3 is 15.8 Å². The van der Waals surface area contributed by atoms with Crippen LogP contribution in [0.25, 0.3) is 0 Å². The van der Waals surface area contributed by atoms with Gasteiger partial charge in [0.05, 0.1) is 19.7 Å². The van der Waals surface area contributed by atoms with Crippen LogP contribution in [-0.2, 0) is 4.79 Å². The number of hydrogen-bond donors (Lipinski definition) is 2. The molecule has 3 N–H and O–H groups in total. The Morgan fingerprint density at radius 3 is 2.48 bits per heavy atom. The van der Waals surface area contributed by atoms with E-state index in [2.05, 4.69) is 31.0 Å². The maximum absolute atomic E-state index is 12.5. The molecule has 2 rings (SSSR count). The molecular weight excluding hydrogens is 338 g/mol. The summed E-state index contributed by atoms with van der Waals surface area (Å²) in [5.41, 5.74) is 7.09. The number of halogens is 1. The first-order chi connectivity index (χ1) is 11.4. The average molecular weight is 370 g/mol. The number of nitrogens with one attached hydrogen (secondary N) is 1. The molecule has 0 bridgehead atoms. The van der Waals surface area contributed by atoms with Crippen LogP contribution in [0, 0.1) is 11.3 Å². The van der Waals surface area contributed by atoms with Gasteiger partial charge in [0, 0.05) is 6.54 Å². The van der Waals surface area contributed by atoms with Crippen molar-refractivity contribution in [1.29, 1.82) is 0 Å². The monoisotopic (exact) mass is 369 g/mol. The lowest BCUT2D eigenvalue weighted by molar-refractivity contribution is -0.123. The second-order valence-corrected chi connectivity index (χ2v) is 7.54. The Hall–Kier alpha value is -1.30. The fraction of sp³-hybridized carbons (Fsp3) is 0.632. The molecule has 0 aliphatic carbocycles. The van der Waals surface area contributed by atoms with E-state index in [4.69, 9.17) is 10.5 Å². The Morgan fingerprint density at radius 1 is 1.36 bits per heavy atom. The number of carbonyl (C=O) groups excluding carboxylic acids is 1. The van der Waals surface area contributed by atoms with Gasteiger partial charge in [-0.3, -0.25) is 9.69 Å². The number of benzene rings is 1. The van der Waals surface area contributed by atoms with E-state index >= 15 is 0 Å². The van der Waals surface area contributed by atoms with Crippen LogP contribution >= 0.6 is 12.4 Å². The van der Waals surface area contributed by atoms with Crippen LogP contribution in [0.1, 0.15) is 38.8 Å². The van der Waals surface area contributed by atoms with Crippen LogP contribution < -0.4 is 15.8 Å². The van der Waals surface area contributed by atoms with E-state index in [1.54, 1.807) is 7.11 Å². The molecule has 1 amide bonds. The molecule has 142 valence electrons. The first-order valence-corrected chi connectivity index (χ1v) is 8.72. The van der Waals surface area contributed by atoms with Gasteiger partial charge in [-0.1, -0.05) is 32.9 Å². The van der Waals surface area contributed by atoms with Crippen LogP contribution in [0.2, 0.25) is 0 Å². The minimum Gasteiger partial charge on any atom is -0.497 e. The van der Waals surface area contributed by atoms with Gasteiger partial charge >= 0.3 is 0 Å². The fourth-order valence-electron chi connectivity index (χ4n) is 3.30. The summed E-state index contributed by atoms with van der Waals surface area (Å²) in [4.78, 5) is 14.7. The summed E-state index contributed by atoms with van der Waals surface area (Å²) in [5, 5.41) is 3.19. The van der Waals surface area contributed by atoms with Crippen molar-refractivity contribution in [3.05, 3.63) is 29.8 Å². The molecule has 0 spiro atoms. The van der Waals surface area contributed by atoms with Gasteiger partial charge in [-0.15, -0.1) is 12.4 Å². The van der Waals surface area contributed by atoms with Crippen LogP contribution in [0.4, 0.5) is 0 Å². The molecule has 0 aromatic heterocycles. The van der Waals surface area contributed by atoms with E-state index in [9.17, 15) is 4.79 Å². The largest absolute Gasteiger partial charge is 0.497 e. The molecule has 1 heterocycles. The zero-order chi connectivity index (χ0) is 17.7. The van der Waals surface area contributed by atoms with Crippen LogP contribution in [0.3, 0.4) is 0 Å². The number of methoxy groups -OCH3 is 1. The Labute approximate surface area is 157 Å². The zero-order valence-electron chi connectivity index (χ0n) is 15.7. The van der Waals surface area contributed by atoms with Crippen molar-refractivity contribution in [3.8, 4) is 5.75 Å². The number of amides is 1. The summed E-state index contributed by atoms with van der Waals surface area (Å²) in [7, 11) is 1.65. The van der Waals surface area contributed by atoms with Crippen molar-refractivity contribution in [2.45, 2.75) is 33.2 Å². The molecular formula is C19H32ClN3O2. The van der Waals surface area contributed by atoms with E-state index in [1.807, 2.05) is 24.3 Å². The van der Waals surface area contributed by atoms with Gasteiger partial charge in [-0.25, -0.2) is 0 Å². The van der Waals surface area contributed by atoms with Gasteiger partial charge in [-0.05, 0) is 48.5 Å². The molecule has 6 heteroatoms. The van der Waals surface area contributed by atoms with Gasteiger partial charge in [0.2, 0.25) is 5.91 Å². The molecule has 5 nitrogen and oxygen atoms in total. The lowest BCUT2D eigenvalue weighted by atomic mass is 9.90. The summed E-state index contributed by atoms with van der Waals surface area (Å²) in [5.74, 6) is 1.21. The van der Waals surface area contributed by atoms with Crippen molar-refractivity contribution >= 4 is 18.3 Å². The molecule has 1 saturated heterocycles. The molecule has 0 saturated carbocycles. The van der Waals surface area contributed by atoms with E-state index in [-0.39, 0.29) is 29.8 Å². The molecule has 2 atom stereocenters. The number of hydrogen-bond acceptors (Lipinski definition) is 4. The molecule has 1 fully saturated rings. The summed E-state index contributed by atoms with van der Waals surface area (Å²) in [6, 6.07) is 7.91. The zero-order valence-corrected chi connectivity index (χ0v) is 16.6. The highest BCUT2D eigenvalue weighted by atomic mass is 35.5. The van der Waals surface area contributed by atoms with Gasteiger partial charge in [0.15, 0.2) is 0 Å². The maximum atomic E-state index is 12.5. The van der Waals surface area contributed by atoms with Crippen LogP contribution in [-0.4, -0.2) is 44.1 Å². The van der Waals surface area contributed by atoms with Crippen molar-refractivity contribution in [1.82, 2.24) is 10.2 Å². The number of nitrogens with two attached hydrogens (primary N) is 1. The minimum atomic E-state index is 0. The molecule has 1 aromatic rings. The predicted octanol–water partition coefficient (Wildman–Crippen LogP) is 2.60. The fourth-order valence-corrected chi connectivity index (χ4v) is 3.30. The number of carbonyl (C=O) groups is 1. The maximum Gasteiger partial charge on any atom is 0.234 e. The quantitative estimate of drug-likeness (QED) is 0.775. The molecule has 1 aliphatic heterocycles. The molecule has 1 aliphatic rings. The highest BCUT2D eigenvalue weighted by molar-refractivity contribution is 5.85. The first kappa shape index (κ1) is 21.7. The predicted molar refractivity (Wildman–Crippen MR) is 104 cm³/mol. The lowest BCUT2D eigenvalue weighted by Gasteiger charge is -2.26. The number of nitrogens with zero attached hydrogens (tertiary/aromatic N) is 1. The third-order valence-corrected chi connectivity index (χ3v) is 4.95. The highest BCUT2D eigenvalue weighted by Gasteiger charge is 2.33. The van der Waals surface area contributed by atoms with Gasteiger partial charge in [0.25, 0.3) is 0 Å². The third-order valence-electron chi connectivity index (χ3n) is 4.95. The van der Waals surface area contributed by atoms with Crippen molar-refractivity contribution in [3.63, 3.8) is 0 Å². The Kier molecular flexibility index (Phi) is 8.19. The normalized spacial score (nSPS) is 21.7. The first-order valence-electron chi connectivity index (χ1n) is 8.72. The Morgan fingerprint density at radius 2 is 2.00 bits per heavy atom. The van der Waals surface area contributed by atoms with Crippen LogP contribution in [0.15, 0.2) is 24.3 Å². The average Bonchev–Trinajstić information content (AvgIpc) is 2.94. The summed E-state index contributed by atoms with van der Waals surface area (Å²) < 4.78 is 5.21. The van der Waals surface area contributed by atoms with Crippen molar-refractivity contribution in [2.24, 2.45) is 17.1 Å². The molecule has 1 aromatic carbocycles. The van der Waals surface area contributed by atoms with Crippen molar-refractivity contribution in [2.75, 3.05) is 33.3 Å². The number of ether oxygens (including phenoxy) is 1. The number of rotatable bonds is 7. The van der Waals surface area contributed by atoms with E-state index in [1.165, 1.54) is 0 Å². The third kappa shape index (κ3) is 5.87. The second-order valence-electron chi connectivity index (χ2n) is 7.54. The van der Waals surface area contributed by atoms with Gasteiger partial charge in [-0.2, -0.15) is 0 Å². The Balaban J connectivity index is 0.00000312. The summed E-state index contributed by atoms with van der Waals surface area (Å²) >= 11 is 0. The molecule has 2 unspecified atom stereocenters. The minimum absolute atomic E-state index is 0. The van der Waals surface area contributed by atoms with Gasteiger partial charge in [0.1, 0.15) is 5.75 Å². The smallest absolute Gasteiger partial charge is 0.234 e. The molecule has 0 radical (unpaired) electrons. The van der Waals surface area contributed by atoms with E-state index in [0.29, 0.717) is 19.0 Å². The van der Waals surface area contributed by atoms with Crippen molar-refractivity contribution < 1.29 is 9.53 Å².